The molecule has 3 aromatic rings. The van der Waals surface area contributed by atoms with E-state index in [1.165, 1.54) is 30.5 Å². The molecular formula is C23H22FN5O5. The lowest BCUT2D eigenvalue weighted by Gasteiger charge is -2.14. The number of methoxy groups -OCH3 is 1. The zero-order valence-corrected chi connectivity index (χ0v) is 18.3. The lowest BCUT2D eigenvalue weighted by atomic mass is 10.1. The van der Waals surface area contributed by atoms with Crippen LogP contribution >= 0.6 is 0 Å². The van der Waals surface area contributed by atoms with Crippen molar-refractivity contribution in [2.45, 2.75) is 18.9 Å². The lowest BCUT2D eigenvalue weighted by molar-refractivity contribution is -0.121. The van der Waals surface area contributed by atoms with Gasteiger partial charge in [-0.2, -0.15) is 5.10 Å². The topological polar surface area (TPSA) is 127 Å². The molecule has 1 aliphatic rings. The Bertz CT molecular complexity index is 1180. The van der Waals surface area contributed by atoms with Crippen molar-refractivity contribution in [3.8, 4) is 17.1 Å². The first-order valence-corrected chi connectivity index (χ1v) is 10.5. The molecule has 0 unspecified atom stereocenters. The molecular weight excluding hydrogens is 445 g/mol. The molecule has 1 saturated heterocycles. The van der Waals surface area contributed by atoms with E-state index in [0.717, 1.165) is 0 Å². The number of benzene rings is 2. The van der Waals surface area contributed by atoms with Gasteiger partial charge in [0.2, 0.25) is 5.91 Å². The maximum absolute atomic E-state index is 14.5. The van der Waals surface area contributed by atoms with Crippen LogP contribution in [0.3, 0.4) is 0 Å². The number of carbonyl (C=O) groups is 3. The van der Waals surface area contributed by atoms with Gasteiger partial charge in [0.05, 0.1) is 31.5 Å². The largest absolute Gasteiger partial charge is 0.497 e. The molecule has 2 N–H and O–H groups in total. The SMILES string of the molecule is COc1ccc(C(=O)CCC(=O)NC[C@H]2CN(c3ccc(-c4ncn[nH]4)c(F)c3)C(=O)O2)cc1. The Morgan fingerprint density at radius 1 is 1.24 bits per heavy atom. The predicted octanol–water partition coefficient (Wildman–Crippen LogP) is 2.72. The molecule has 0 spiro atoms. The standard InChI is InChI=1S/C23H22FN5O5/c1-33-16-5-2-14(3-6-16)20(30)8-9-21(31)25-11-17-12-29(23(32)34-17)15-4-7-18(19(24)10-15)22-26-13-27-28-22/h2-7,10,13,17H,8-9,11-12H2,1H3,(H,25,31)(H,26,27,28)/t17-/m0/s1. The van der Waals surface area contributed by atoms with Gasteiger partial charge in [0.1, 0.15) is 24.0 Å². The Morgan fingerprint density at radius 2 is 2.03 bits per heavy atom. The summed E-state index contributed by atoms with van der Waals surface area (Å²) in [7, 11) is 1.54. The van der Waals surface area contributed by atoms with E-state index in [2.05, 4.69) is 20.5 Å². The van der Waals surface area contributed by atoms with Gasteiger partial charge in [-0.25, -0.2) is 14.2 Å². The summed E-state index contributed by atoms with van der Waals surface area (Å²) in [6, 6.07) is 10.9. The van der Waals surface area contributed by atoms with E-state index in [0.29, 0.717) is 17.0 Å². The second-order valence-electron chi connectivity index (χ2n) is 7.57. The molecule has 176 valence electrons. The number of ether oxygens (including phenoxy) is 2. The molecule has 0 radical (unpaired) electrons. The summed E-state index contributed by atoms with van der Waals surface area (Å²) in [5, 5.41) is 8.95. The van der Waals surface area contributed by atoms with Gasteiger partial charge in [-0.05, 0) is 42.5 Å². The van der Waals surface area contributed by atoms with Crippen LogP contribution in [0.15, 0.2) is 48.8 Å². The fourth-order valence-corrected chi connectivity index (χ4v) is 3.50. The molecule has 0 bridgehead atoms. The molecule has 0 saturated carbocycles. The van der Waals surface area contributed by atoms with Crippen molar-refractivity contribution in [3.05, 3.63) is 60.2 Å². The second kappa shape index (κ2) is 10.1. The fourth-order valence-electron chi connectivity index (χ4n) is 3.50. The first kappa shape index (κ1) is 22.9. The maximum atomic E-state index is 14.5. The highest BCUT2D eigenvalue weighted by molar-refractivity contribution is 5.98. The van der Waals surface area contributed by atoms with E-state index in [4.69, 9.17) is 9.47 Å². The Hall–Kier alpha value is -4.28. The van der Waals surface area contributed by atoms with Crippen molar-refractivity contribution in [1.82, 2.24) is 20.5 Å². The first-order chi connectivity index (χ1) is 16.4. The van der Waals surface area contributed by atoms with Crippen molar-refractivity contribution in [2.75, 3.05) is 25.1 Å². The van der Waals surface area contributed by atoms with Gasteiger partial charge in [0, 0.05) is 18.4 Å². The van der Waals surface area contributed by atoms with Crippen LogP contribution in [0, 0.1) is 5.82 Å². The second-order valence-corrected chi connectivity index (χ2v) is 7.57. The molecule has 0 aliphatic carbocycles. The first-order valence-electron chi connectivity index (χ1n) is 10.5. The molecule has 4 rings (SSSR count). The quantitative estimate of drug-likeness (QED) is 0.463. The van der Waals surface area contributed by atoms with Gasteiger partial charge in [-0.1, -0.05) is 0 Å². The summed E-state index contributed by atoms with van der Waals surface area (Å²) in [4.78, 5) is 41.9. The van der Waals surface area contributed by atoms with Gasteiger partial charge in [-0.3, -0.25) is 19.6 Å². The molecule has 2 amide bonds. The van der Waals surface area contributed by atoms with Crippen LogP contribution in [0.5, 0.6) is 5.75 Å². The third-order valence-corrected chi connectivity index (χ3v) is 5.33. The van der Waals surface area contributed by atoms with Gasteiger partial charge in [0.15, 0.2) is 11.6 Å². The summed E-state index contributed by atoms with van der Waals surface area (Å²) in [6.45, 7) is 0.224. The number of cyclic esters (lactones) is 1. The summed E-state index contributed by atoms with van der Waals surface area (Å²) in [5.74, 6) is -0.145. The number of aromatic nitrogens is 3. The number of aromatic amines is 1. The lowest BCUT2D eigenvalue weighted by Crippen LogP contribution is -2.34. The minimum Gasteiger partial charge on any atom is -0.497 e. The number of hydrogen-bond acceptors (Lipinski definition) is 7. The number of carbonyl (C=O) groups excluding carboxylic acids is 3. The Kier molecular flexibility index (Phi) is 6.81. The summed E-state index contributed by atoms with van der Waals surface area (Å²) < 4.78 is 24.8. The number of H-pyrrole nitrogens is 1. The summed E-state index contributed by atoms with van der Waals surface area (Å²) in [6.07, 6.45) is 0.0789. The van der Waals surface area contributed by atoms with Crippen molar-refractivity contribution in [2.24, 2.45) is 0 Å². The maximum Gasteiger partial charge on any atom is 0.414 e. The third-order valence-electron chi connectivity index (χ3n) is 5.33. The number of hydrogen-bond donors (Lipinski definition) is 2. The van der Waals surface area contributed by atoms with Gasteiger partial charge in [0.25, 0.3) is 0 Å². The number of nitrogens with zero attached hydrogens (tertiary/aromatic N) is 3. The molecule has 34 heavy (non-hydrogen) atoms. The van der Waals surface area contributed by atoms with Crippen molar-refractivity contribution >= 4 is 23.5 Å². The average molecular weight is 467 g/mol. The van der Waals surface area contributed by atoms with E-state index in [9.17, 15) is 18.8 Å². The Labute approximate surface area is 194 Å². The number of rotatable bonds is 9. The van der Waals surface area contributed by atoms with Crippen LogP contribution in [0.4, 0.5) is 14.9 Å². The van der Waals surface area contributed by atoms with Crippen molar-refractivity contribution in [3.63, 3.8) is 0 Å². The minimum atomic E-state index is -0.638. The molecule has 1 aliphatic heterocycles. The minimum absolute atomic E-state index is 0.00352. The normalized spacial score (nSPS) is 15.2. The number of amides is 2. The highest BCUT2D eigenvalue weighted by Gasteiger charge is 2.33. The number of nitrogens with one attached hydrogen (secondary N) is 2. The molecule has 2 aromatic carbocycles. The molecule has 10 nitrogen and oxygen atoms in total. The molecule has 11 heteroatoms. The van der Waals surface area contributed by atoms with Crippen LogP contribution < -0.4 is 15.0 Å². The highest BCUT2D eigenvalue weighted by atomic mass is 19.1. The summed E-state index contributed by atoms with van der Waals surface area (Å²) in [5.41, 5.74) is 1.04. The molecule has 1 fully saturated rings. The number of halogens is 1. The summed E-state index contributed by atoms with van der Waals surface area (Å²) >= 11 is 0. The molecule has 1 atom stereocenters. The zero-order valence-electron chi connectivity index (χ0n) is 18.3. The number of Topliss-reactive ketones (excluding diaryl/α,β-unsaturated/α-hetero) is 1. The van der Waals surface area contributed by atoms with Crippen LogP contribution in [0.2, 0.25) is 0 Å². The van der Waals surface area contributed by atoms with Crippen LogP contribution in [0.25, 0.3) is 11.4 Å². The third kappa shape index (κ3) is 5.20. The van der Waals surface area contributed by atoms with Crippen LogP contribution in [-0.4, -0.2) is 59.3 Å². The van der Waals surface area contributed by atoms with Crippen LogP contribution in [0.1, 0.15) is 23.2 Å². The van der Waals surface area contributed by atoms with Gasteiger partial charge >= 0.3 is 6.09 Å². The smallest absolute Gasteiger partial charge is 0.414 e. The van der Waals surface area contributed by atoms with E-state index in [1.807, 2.05) is 0 Å². The Morgan fingerprint density at radius 3 is 2.71 bits per heavy atom. The van der Waals surface area contributed by atoms with Gasteiger partial charge < -0.3 is 14.8 Å². The van der Waals surface area contributed by atoms with E-state index < -0.39 is 18.0 Å². The van der Waals surface area contributed by atoms with Crippen molar-refractivity contribution in [1.29, 1.82) is 0 Å². The van der Waals surface area contributed by atoms with E-state index in [-0.39, 0.29) is 49.0 Å². The Balaban J connectivity index is 1.26. The van der Waals surface area contributed by atoms with Crippen molar-refractivity contribution < 1.29 is 28.2 Å². The number of anilines is 1. The van der Waals surface area contributed by atoms with E-state index >= 15 is 0 Å². The highest BCUT2D eigenvalue weighted by Crippen LogP contribution is 2.27. The fraction of sp³-hybridized carbons (Fsp3) is 0.261. The molecule has 1 aromatic heterocycles. The predicted molar refractivity (Wildman–Crippen MR) is 119 cm³/mol. The van der Waals surface area contributed by atoms with Gasteiger partial charge in [-0.15, -0.1) is 0 Å². The average Bonchev–Trinajstić information content (AvgIpc) is 3.51. The molecule has 2 heterocycles. The zero-order chi connectivity index (χ0) is 24.1. The van der Waals surface area contributed by atoms with E-state index in [1.54, 1.807) is 30.3 Å². The van der Waals surface area contributed by atoms with Crippen LogP contribution in [-0.2, 0) is 9.53 Å². The number of ketones is 1. The monoisotopic (exact) mass is 467 g/mol.